The van der Waals surface area contributed by atoms with Crippen molar-refractivity contribution in [2.75, 3.05) is 5.73 Å². The van der Waals surface area contributed by atoms with Crippen LogP contribution in [0.3, 0.4) is 0 Å². The van der Waals surface area contributed by atoms with Crippen LogP contribution < -0.4 is 5.73 Å². The van der Waals surface area contributed by atoms with E-state index in [2.05, 4.69) is 15.9 Å². The molecular weight excluding hydrogens is 367 g/mol. The van der Waals surface area contributed by atoms with Gasteiger partial charge in [0.1, 0.15) is 0 Å². The zero-order chi connectivity index (χ0) is 15.2. The number of anilines is 1. The number of hydrogen-bond acceptors (Lipinski definition) is 2. The highest BCUT2D eigenvalue weighted by molar-refractivity contribution is 9.10. The molecule has 0 unspecified atom stereocenters. The second-order valence-corrected chi connectivity index (χ2v) is 4.82. The van der Waals surface area contributed by atoms with Crippen molar-refractivity contribution in [3.05, 3.63) is 27.2 Å². The van der Waals surface area contributed by atoms with Crippen LogP contribution >= 0.6 is 27.5 Å². The van der Waals surface area contributed by atoms with Crippen LogP contribution in [0.25, 0.3) is 0 Å². The summed E-state index contributed by atoms with van der Waals surface area (Å²) in [6.07, 6.45) is -11.9. The van der Waals surface area contributed by atoms with Crippen LogP contribution in [0.4, 0.5) is 32.0 Å². The molecule has 1 aromatic rings. The minimum atomic E-state index is -5.97. The smallest absolute Gasteiger partial charge is 0.397 e. The Morgan fingerprint density at radius 2 is 1.47 bits per heavy atom. The number of rotatable bonds is 1. The van der Waals surface area contributed by atoms with E-state index in [1.54, 1.807) is 0 Å². The summed E-state index contributed by atoms with van der Waals surface area (Å²) < 4.78 is 75.3. The van der Waals surface area contributed by atoms with E-state index in [9.17, 15) is 26.3 Å². The van der Waals surface area contributed by atoms with E-state index in [1.165, 1.54) is 0 Å². The Morgan fingerprint density at radius 3 is 1.79 bits per heavy atom. The highest BCUT2D eigenvalue weighted by Gasteiger charge is 2.71. The highest BCUT2D eigenvalue weighted by Crippen LogP contribution is 2.51. The first-order valence-electron chi connectivity index (χ1n) is 4.43. The molecule has 10 heteroatoms. The molecule has 0 saturated carbocycles. The number of benzene rings is 1. The van der Waals surface area contributed by atoms with Gasteiger partial charge in [-0.2, -0.15) is 26.3 Å². The lowest BCUT2D eigenvalue weighted by molar-refractivity contribution is -0.376. The van der Waals surface area contributed by atoms with Crippen molar-refractivity contribution >= 4 is 33.2 Å². The molecule has 0 fully saturated rings. The number of alkyl halides is 6. The molecule has 0 aromatic heterocycles. The molecule has 108 valence electrons. The molecule has 1 rings (SSSR count). The third-order valence-electron chi connectivity index (χ3n) is 2.32. The van der Waals surface area contributed by atoms with Crippen LogP contribution in [0, 0.1) is 0 Å². The maximum absolute atomic E-state index is 12.6. The van der Waals surface area contributed by atoms with E-state index in [4.69, 9.17) is 22.4 Å². The van der Waals surface area contributed by atoms with Gasteiger partial charge in [-0.1, -0.05) is 11.6 Å². The fraction of sp³-hybridized carbons (Fsp3) is 0.333. The molecule has 0 aliphatic heterocycles. The predicted molar refractivity (Wildman–Crippen MR) is 59.6 cm³/mol. The Bertz CT molecular complexity index is 463. The molecule has 3 N–H and O–H groups in total. The van der Waals surface area contributed by atoms with E-state index >= 15 is 0 Å². The molecular formula is C9H5BrClF6NO. The van der Waals surface area contributed by atoms with E-state index in [1.807, 2.05) is 0 Å². The molecule has 0 atom stereocenters. The topological polar surface area (TPSA) is 46.2 Å². The summed E-state index contributed by atoms with van der Waals surface area (Å²) in [4.78, 5) is 0. The van der Waals surface area contributed by atoms with E-state index in [0.717, 1.165) is 0 Å². The van der Waals surface area contributed by atoms with Gasteiger partial charge in [0.2, 0.25) is 0 Å². The third kappa shape index (κ3) is 2.63. The van der Waals surface area contributed by atoms with Gasteiger partial charge in [0, 0.05) is 10.0 Å². The summed E-state index contributed by atoms with van der Waals surface area (Å²) in [7, 11) is 0. The molecule has 0 radical (unpaired) electrons. The van der Waals surface area contributed by atoms with Crippen LogP contribution in [0.15, 0.2) is 16.6 Å². The summed E-state index contributed by atoms with van der Waals surface area (Å²) in [6, 6.07) is 0.741. The van der Waals surface area contributed by atoms with Crippen LogP contribution in [0.1, 0.15) is 5.56 Å². The first kappa shape index (κ1) is 16.4. The molecule has 0 aliphatic rings. The minimum Gasteiger partial charge on any atom is -0.397 e. The van der Waals surface area contributed by atoms with Gasteiger partial charge in [-0.05, 0) is 28.1 Å². The van der Waals surface area contributed by atoms with Crippen LogP contribution in [-0.4, -0.2) is 17.5 Å². The third-order valence-corrected chi connectivity index (χ3v) is 3.29. The van der Waals surface area contributed by atoms with Crippen molar-refractivity contribution < 1.29 is 31.4 Å². The zero-order valence-corrected chi connectivity index (χ0v) is 11.0. The van der Waals surface area contributed by atoms with E-state index < -0.39 is 28.5 Å². The first-order valence-corrected chi connectivity index (χ1v) is 5.60. The molecule has 0 saturated heterocycles. The zero-order valence-electron chi connectivity index (χ0n) is 8.70. The quantitative estimate of drug-likeness (QED) is 0.578. The molecule has 0 amide bonds. The lowest BCUT2D eigenvalue weighted by Crippen LogP contribution is -2.53. The number of halogens is 8. The fourth-order valence-electron chi connectivity index (χ4n) is 1.28. The molecule has 2 nitrogen and oxygen atoms in total. The summed E-state index contributed by atoms with van der Waals surface area (Å²) in [5.41, 5.74) is -1.45. The SMILES string of the molecule is Nc1c(Cl)cc(C(O)(C(F)(F)F)C(F)(F)F)cc1Br. The highest BCUT2D eigenvalue weighted by atomic mass is 79.9. The maximum Gasteiger partial charge on any atom is 0.430 e. The van der Waals surface area contributed by atoms with Gasteiger partial charge in [0.05, 0.1) is 10.7 Å². The summed E-state index contributed by atoms with van der Waals surface area (Å²) >= 11 is 8.09. The number of aliphatic hydroxyl groups is 1. The summed E-state index contributed by atoms with van der Waals surface area (Å²) in [5.74, 6) is 0. The van der Waals surface area contributed by atoms with Gasteiger partial charge < -0.3 is 10.8 Å². The van der Waals surface area contributed by atoms with Gasteiger partial charge in [-0.15, -0.1) is 0 Å². The van der Waals surface area contributed by atoms with E-state index in [0.29, 0.717) is 12.1 Å². The Hall–Kier alpha value is -0.670. The van der Waals surface area contributed by atoms with Gasteiger partial charge >= 0.3 is 12.4 Å². The van der Waals surface area contributed by atoms with Crippen molar-refractivity contribution in [3.63, 3.8) is 0 Å². The Balaban J connectivity index is 3.62. The second-order valence-electron chi connectivity index (χ2n) is 3.56. The first-order chi connectivity index (χ1) is 8.32. The summed E-state index contributed by atoms with van der Waals surface area (Å²) in [6.45, 7) is 0. The van der Waals surface area contributed by atoms with Gasteiger partial charge in [-0.25, -0.2) is 0 Å². The van der Waals surface area contributed by atoms with Crippen LogP contribution in [0.5, 0.6) is 0 Å². The average Bonchev–Trinajstić information content (AvgIpc) is 2.20. The molecule has 0 spiro atoms. The largest absolute Gasteiger partial charge is 0.430 e. The second kappa shape index (κ2) is 4.71. The number of hydrogen-bond donors (Lipinski definition) is 2. The molecule has 0 heterocycles. The maximum atomic E-state index is 12.6. The minimum absolute atomic E-state index is 0.239. The van der Waals surface area contributed by atoms with Crippen molar-refractivity contribution in [1.82, 2.24) is 0 Å². The lowest BCUT2D eigenvalue weighted by Gasteiger charge is -2.33. The van der Waals surface area contributed by atoms with Crippen molar-refractivity contribution in [2.45, 2.75) is 18.0 Å². The Morgan fingerprint density at radius 1 is 1.05 bits per heavy atom. The normalized spacial score (nSPS) is 13.7. The average molecular weight is 372 g/mol. The predicted octanol–water partition coefficient (Wildman–Crippen LogP) is 4.00. The fourth-order valence-corrected chi connectivity index (χ4v) is 2.07. The summed E-state index contributed by atoms with van der Waals surface area (Å²) in [5, 5.41) is 8.58. The van der Waals surface area contributed by atoms with Crippen LogP contribution in [-0.2, 0) is 5.60 Å². The Kier molecular flexibility index (Phi) is 4.06. The van der Waals surface area contributed by atoms with Crippen molar-refractivity contribution in [1.29, 1.82) is 0 Å². The monoisotopic (exact) mass is 371 g/mol. The molecule has 19 heavy (non-hydrogen) atoms. The molecule has 0 aliphatic carbocycles. The van der Waals surface area contributed by atoms with Gasteiger partial charge in [-0.3, -0.25) is 0 Å². The molecule has 0 bridgehead atoms. The standard InChI is InChI=1S/C9H5BrClF6NO/c10-4-1-3(2-5(11)6(4)18)7(19,8(12,13)14)9(15,16)17/h1-2,19H,18H2. The lowest BCUT2D eigenvalue weighted by atomic mass is 9.92. The van der Waals surface area contributed by atoms with E-state index in [-0.39, 0.29) is 10.2 Å². The molecule has 1 aromatic carbocycles. The van der Waals surface area contributed by atoms with Crippen LogP contribution in [0.2, 0.25) is 5.02 Å². The number of nitrogens with two attached hydrogens (primary N) is 1. The van der Waals surface area contributed by atoms with Gasteiger partial charge in [0.15, 0.2) is 0 Å². The van der Waals surface area contributed by atoms with Gasteiger partial charge in [0.25, 0.3) is 5.60 Å². The Labute approximate surface area is 116 Å². The number of nitrogen functional groups attached to an aromatic ring is 1. The van der Waals surface area contributed by atoms with Crippen molar-refractivity contribution in [3.8, 4) is 0 Å². The van der Waals surface area contributed by atoms with Crippen molar-refractivity contribution in [2.24, 2.45) is 0 Å².